The predicted octanol–water partition coefficient (Wildman–Crippen LogP) is 1.13. The average Bonchev–Trinajstić information content (AvgIpc) is 2.47. The van der Waals surface area contributed by atoms with Crippen molar-refractivity contribution in [2.24, 2.45) is 0 Å². The van der Waals surface area contributed by atoms with Gasteiger partial charge in [0.2, 0.25) is 0 Å². The summed E-state index contributed by atoms with van der Waals surface area (Å²) in [7, 11) is 3.50. The van der Waals surface area contributed by atoms with Gasteiger partial charge in [-0.1, -0.05) is 0 Å². The molecular formula is C15H32N2O3. The van der Waals surface area contributed by atoms with E-state index in [2.05, 4.69) is 17.1 Å². The maximum atomic E-state index is 5.95. The van der Waals surface area contributed by atoms with E-state index in [1.807, 2.05) is 0 Å². The molecule has 1 fully saturated rings. The van der Waals surface area contributed by atoms with Crippen molar-refractivity contribution in [1.29, 1.82) is 0 Å². The zero-order valence-electron chi connectivity index (χ0n) is 13.4. The number of hydrogen-bond donors (Lipinski definition) is 1. The Hall–Kier alpha value is -0.200. The third-order valence-electron chi connectivity index (χ3n) is 3.84. The Labute approximate surface area is 123 Å². The molecule has 5 heteroatoms. The molecule has 1 unspecified atom stereocenters. The summed E-state index contributed by atoms with van der Waals surface area (Å²) in [6.45, 7) is 8.76. The van der Waals surface area contributed by atoms with Gasteiger partial charge >= 0.3 is 0 Å². The monoisotopic (exact) mass is 288 g/mol. The number of hydrogen-bond acceptors (Lipinski definition) is 5. The van der Waals surface area contributed by atoms with Gasteiger partial charge in [0.05, 0.1) is 19.3 Å². The molecule has 1 heterocycles. The third kappa shape index (κ3) is 7.55. The molecule has 0 radical (unpaired) electrons. The first kappa shape index (κ1) is 17.9. The van der Waals surface area contributed by atoms with Crippen molar-refractivity contribution in [1.82, 2.24) is 10.2 Å². The summed E-state index contributed by atoms with van der Waals surface area (Å²) in [6.07, 6.45) is 3.82. The van der Waals surface area contributed by atoms with Gasteiger partial charge in [-0.3, -0.25) is 4.90 Å². The summed E-state index contributed by atoms with van der Waals surface area (Å²) in [4.78, 5) is 2.42. The minimum absolute atomic E-state index is 0.425. The molecule has 0 amide bonds. The molecule has 0 saturated carbocycles. The van der Waals surface area contributed by atoms with Crippen molar-refractivity contribution in [3.8, 4) is 0 Å². The van der Waals surface area contributed by atoms with Crippen molar-refractivity contribution in [3.05, 3.63) is 0 Å². The maximum absolute atomic E-state index is 5.95. The largest absolute Gasteiger partial charge is 0.383 e. The quantitative estimate of drug-likeness (QED) is 0.577. The summed E-state index contributed by atoms with van der Waals surface area (Å²) in [6, 6.07) is 0.425. The van der Waals surface area contributed by atoms with Crippen LogP contribution in [0.1, 0.15) is 26.2 Å². The van der Waals surface area contributed by atoms with E-state index in [-0.39, 0.29) is 0 Å². The summed E-state index contributed by atoms with van der Waals surface area (Å²) in [5, 5.41) is 3.36. The van der Waals surface area contributed by atoms with E-state index in [9.17, 15) is 0 Å². The molecule has 0 aromatic heterocycles. The normalized spacial score (nSPS) is 18.6. The van der Waals surface area contributed by atoms with E-state index >= 15 is 0 Å². The zero-order valence-corrected chi connectivity index (χ0v) is 13.4. The fourth-order valence-electron chi connectivity index (χ4n) is 2.59. The molecule has 0 spiro atoms. The highest BCUT2D eigenvalue weighted by atomic mass is 16.5. The fourth-order valence-corrected chi connectivity index (χ4v) is 2.59. The van der Waals surface area contributed by atoms with Gasteiger partial charge in [0, 0.05) is 40.0 Å². The van der Waals surface area contributed by atoms with Crippen LogP contribution < -0.4 is 5.32 Å². The summed E-state index contributed by atoms with van der Waals surface area (Å²) < 4.78 is 16.4. The number of ether oxygens (including phenoxy) is 3. The first-order chi connectivity index (χ1) is 9.77. The van der Waals surface area contributed by atoms with Crippen molar-refractivity contribution < 1.29 is 14.2 Å². The van der Waals surface area contributed by atoms with E-state index in [4.69, 9.17) is 14.2 Å². The Morgan fingerprint density at radius 2 is 1.85 bits per heavy atom. The Morgan fingerprint density at radius 1 is 1.10 bits per heavy atom. The molecule has 1 rings (SSSR count). The SMILES string of the molecule is COCCN(CCCOC1CCNCC1)C(C)COC. The van der Waals surface area contributed by atoms with Gasteiger partial charge in [0.15, 0.2) is 0 Å². The molecule has 1 aliphatic heterocycles. The first-order valence-electron chi connectivity index (χ1n) is 7.82. The second-order valence-electron chi connectivity index (χ2n) is 5.51. The summed E-state index contributed by atoms with van der Waals surface area (Å²) in [5.41, 5.74) is 0. The number of nitrogens with zero attached hydrogens (tertiary/aromatic N) is 1. The molecule has 5 nitrogen and oxygen atoms in total. The Morgan fingerprint density at radius 3 is 2.50 bits per heavy atom. The smallest absolute Gasteiger partial charge is 0.0615 e. The van der Waals surface area contributed by atoms with Gasteiger partial charge in [0.1, 0.15) is 0 Å². The number of nitrogens with one attached hydrogen (secondary N) is 1. The predicted molar refractivity (Wildman–Crippen MR) is 81.2 cm³/mol. The van der Waals surface area contributed by atoms with Crippen molar-refractivity contribution in [2.45, 2.75) is 38.3 Å². The van der Waals surface area contributed by atoms with E-state index in [1.165, 1.54) is 0 Å². The lowest BCUT2D eigenvalue weighted by molar-refractivity contribution is 0.0204. The van der Waals surface area contributed by atoms with Crippen LogP contribution in [0.5, 0.6) is 0 Å². The lowest BCUT2D eigenvalue weighted by atomic mass is 10.1. The fraction of sp³-hybridized carbons (Fsp3) is 1.00. The highest BCUT2D eigenvalue weighted by Crippen LogP contribution is 2.08. The molecule has 0 aromatic carbocycles. The molecular weight excluding hydrogens is 256 g/mol. The number of rotatable bonds is 11. The average molecular weight is 288 g/mol. The van der Waals surface area contributed by atoms with E-state index < -0.39 is 0 Å². The van der Waals surface area contributed by atoms with Crippen LogP contribution in [-0.2, 0) is 14.2 Å². The van der Waals surface area contributed by atoms with E-state index in [0.29, 0.717) is 12.1 Å². The third-order valence-corrected chi connectivity index (χ3v) is 3.84. The molecule has 1 aliphatic rings. The highest BCUT2D eigenvalue weighted by molar-refractivity contribution is 4.69. The highest BCUT2D eigenvalue weighted by Gasteiger charge is 2.15. The van der Waals surface area contributed by atoms with Crippen molar-refractivity contribution in [3.63, 3.8) is 0 Å². The molecule has 20 heavy (non-hydrogen) atoms. The molecule has 0 aromatic rings. The van der Waals surface area contributed by atoms with Gasteiger partial charge in [-0.25, -0.2) is 0 Å². The van der Waals surface area contributed by atoms with Crippen molar-refractivity contribution in [2.75, 3.05) is 60.2 Å². The molecule has 1 atom stereocenters. The lowest BCUT2D eigenvalue weighted by Crippen LogP contribution is -2.39. The molecule has 0 bridgehead atoms. The number of piperidine rings is 1. The minimum atomic E-state index is 0.425. The van der Waals surface area contributed by atoms with Crippen LogP contribution >= 0.6 is 0 Å². The van der Waals surface area contributed by atoms with Gasteiger partial charge < -0.3 is 19.5 Å². The second-order valence-corrected chi connectivity index (χ2v) is 5.51. The van der Waals surface area contributed by atoms with Gasteiger partial charge in [-0.2, -0.15) is 0 Å². The molecule has 1 N–H and O–H groups in total. The van der Waals surface area contributed by atoms with Gasteiger partial charge in [0.25, 0.3) is 0 Å². The maximum Gasteiger partial charge on any atom is 0.0615 e. The Balaban J connectivity index is 2.15. The van der Waals surface area contributed by atoms with Crippen LogP contribution in [0.2, 0.25) is 0 Å². The minimum Gasteiger partial charge on any atom is -0.383 e. The van der Waals surface area contributed by atoms with Crippen LogP contribution in [0, 0.1) is 0 Å². The van der Waals surface area contributed by atoms with E-state index in [0.717, 1.165) is 65.3 Å². The van der Waals surface area contributed by atoms with Crippen LogP contribution in [0.3, 0.4) is 0 Å². The zero-order chi connectivity index (χ0) is 14.6. The summed E-state index contributed by atoms with van der Waals surface area (Å²) in [5.74, 6) is 0. The van der Waals surface area contributed by atoms with E-state index in [1.54, 1.807) is 14.2 Å². The van der Waals surface area contributed by atoms with Crippen LogP contribution in [0.25, 0.3) is 0 Å². The standard InChI is InChI=1S/C15H32N2O3/c1-14(13-19-3)17(10-12-18-2)9-4-11-20-15-5-7-16-8-6-15/h14-16H,4-13H2,1-3H3. The molecule has 1 saturated heterocycles. The Bertz CT molecular complexity index is 223. The van der Waals surface area contributed by atoms with Crippen LogP contribution in [-0.4, -0.2) is 77.3 Å². The molecule has 0 aliphatic carbocycles. The van der Waals surface area contributed by atoms with Gasteiger partial charge in [-0.05, 0) is 39.3 Å². The van der Waals surface area contributed by atoms with Crippen LogP contribution in [0.15, 0.2) is 0 Å². The molecule has 120 valence electrons. The van der Waals surface area contributed by atoms with Crippen molar-refractivity contribution >= 4 is 0 Å². The second kappa shape index (κ2) is 11.5. The Kier molecular flexibility index (Phi) is 10.2. The van der Waals surface area contributed by atoms with Crippen LogP contribution in [0.4, 0.5) is 0 Å². The number of methoxy groups -OCH3 is 2. The van der Waals surface area contributed by atoms with Gasteiger partial charge in [-0.15, -0.1) is 0 Å². The topological polar surface area (TPSA) is 43.0 Å². The lowest BCUT2D eigenvalue weighted by Gasteiger charge is -2.29. The first-order valence-corrected chi connectivity index (χ1v) is 7.82. The summed E-state index contributed by atoms with van der Waals surface area (Å²) >= 11 is 0.